The van der Waals surface area contributed by atoms with Crippen LogP contribution in [0.3, 0.4) is 0 Å². The number of Topliss-reactive ketones (excluding diaryl/α,β-unsaturated/α-hetero) is 1. The molecular weight excluding hydrogens is 144 g/mol. The van der Waals surface area contributed by atoms with Crippen LogP contribution in [0.1, 0.15) is 26.7 Å². The van der Waals surface area contributed by atoms with Gasteiger partial charge in [-0.05, 0) is 13.8 Å². The summed E-state index contributed by atoms with van der Waals surface area (Å²) < 4.78 is 4.91. The van der Waals surface area contributed by atoms with Crippen molar-refractivity contribution in [3.05, 3.63) is 0 Å². The van der Waals surface area contributed by atoms with E-state index in [1.165, 1.54) is 0 Å². The molecule has 62 valence electrons. The van der Waals surface area contributed by atoms with Crippen molar-refractivity contribution < 1.29 is 14.3 Å². The van der Waals surface area contributed by atoms with E-state index in [-0.39, 0.29) is 23.8 Å². The second-order valence-electron chi connectivity index (χ2n) is 3.13. The Bertz CT molecular complexity index is 176. The van der Waals surface area contributed by atoms with Gasteiger partial charge in [-0.25, -0.2) is 0 Å². The molecule has 11 heavy (non-hydrogen) atoms. The standard InChI is InChI=1S/C8H12O3/c1-5(2)11-8(10)6-3-7(9)4-6/h5-6H,3-4H2,1-2H3. The molecule has 0 heterocycles. The number of carbonyl (C=O) groups is 2. The molecule has 0 radical (unpaired) electrons. The van der Waals surface area contributed by atoms with E-state index in [0.29, 0.717) is 12.8 Å². The highest BCUT2D eigenvalue weighted by Gasteiger charge is 2.34. The van der Waals surface area contributed by atoms with Crippen LogP contribution in [-0.2, 0) is 14.3 Å². The summed E-state index contributed by atoms with van der Waals surface area (Å²) in [5, 5.41) is 0. The maximum atomic E-state index is 11.0. The normalized spacial score (nSPS) is 18.3. The fourth-order valence-electron chi connectivity index (χ4n) is 0.985. The SMILES string of the molecule is CC(C)OC(=O)C1CC(=O)C1. The molecule has 0 aliphatic heterocycles. The Morgan fingerprint density at radius 3 is 2.45 bits per heavy atom. The summed E-state index contributed by atoms with van der Waals surface area (Å²) in [6.07, 6.45) is 0.690. The van der Waals surface area contributed by atoms with Crippen LogP contribution >= 0.6 is 0 Å². The highest BCUT2D eigenvalue weighted by atomic mass is 16.5. The van der Waals surface area contributed by atoms with Crippen LogP contribution in [0.2, 0.25) is 0 Å². The van der Waals surface area contributed by atoms with E-state index in [0.717, 1.165) is 0 Å². The number of ether oxygens (including phenoxy) is 1. The average molecular weight is 156 g/mol. The van der Waals surface area contributed by atoms with Crippen LogP contribution in [0.25, 0.3) is 0 Å². The third-order valence-corrected chi connectivity index (χ3v) is 1.63. The van der Waals surface area contributed by atoms with Gasteiger partial charge >= 0.3 is 5.97 Å². The fraction of sp³-hybridized carbons (Fsp3) is 0.750. The Morgan fingerprint density at radius 2 is 2.09 bits per heavy atom. The minimum Gasteiger partial charge on any atom is -0.463 e. The molecule has 0 unspecified atom stereocenters. The molecule has 0 aromatic carbocycles. The molecule has 0 saturated heterocycles. The first-order valence-corrected chi connectivity index (χ1v) is 3.82. The number of hydrogen-bond acceptors (Lipinski definition) is 3. The summed E-state index contributed by atoms with van der Waals surface area (Å²) >= 11 is 0. The summed E-state index contributed by atoms with van der Waals surface area (Å²) in [5.74, 6) is -0.208. The van der Waals surface area contributed by atoms with E-state index in [9.17, 15) is 9.59 Å². The molecule has 1 aliphatic rings. The van der Waals surface area contributed by atoms with Gasteiger partial charge in [0.15, 0.2) is 0 Å². The molecule has 0 bridgehead atoms. The molecule has 3 heteroatoms. The molecule has 1 saturated carbocycles. The Labute approximate surface area is 65.7 Å². The molecular formula is C8H12O3. The minimum absolute atomic E-state index is 0.0711. The maximum absolute atomic E-state index is 11.0. The fourth-order valence-corrected chi connectivity index (χ4v) is 0.985. The van der Waals surface area contributed by atoms with Crippen LogP contribution < -0.4 is 0 Å². The second kappa shape index (κ2) is 3.03. The van der Waals surface area contributed by atoms with Crippen molar-refractivity contribution in [3.63, 3.8) is 0 Å². The van der Waals surface area contributed by atoms with Crippen LogP contribution in [-0.4, -0.2) is 17.9 Å². The van der Waals surface area contributed by atoms with Crippen LogP contribution in [0.15, 0.2) is 0 Å². The number of carbonyl (C=O) groups excluding carboxylic acids is 2. The molecule has 0 atom stereocenters. The van der Waals surface area contributed by atoms with Crippen molar-refractivity contribution in [2.45, 2.75) is 32.8 Å². The van der Waals surface area contributed by atoms with E-state index < -0.39 is 0 Å². The smallest absolute Gasteiger partial charge is 0.310 e. The van der Waals surface area contributed by atoms with Crippen molar-refractivity contribution >= 4 is 11.8 Å². The molecule has 0 aromatic heterocycles. The van der Waals surface area contributed by atoms with Crippen molar-refractivity contribution in [1.29, 1.82) is 0 Å². The first kappa shape index (κ1) is 8.24. The van der Waals surface area contributed by atoms with E-state index in [1.807, 2.05) is 0 Å². The Kier molecular flexibility index (Phi) is 2.27. The Balaban J connectivity index is 2.26. The van der Waals surface area contributed by atoms with Gasteiger partial charge in [0, 0.05) is 12.8 Å². The lowest BCUT2D eigenvalue weighted by Crippen LogP contribution is -2.33. The molecule has 0 N–H and O–H groups in total. The first-order valence-electron chi connectivity index (χ1n) is 3.82. The van der Waals surface area contributed by atoms with Gasteiger partial charge in [0.2, 0.25) is 0 Å². The van der Waals surface area contributed by atoms with Gasteiger partial charge in [0.25, 0.3) is 0 Å². The van der Waals surface area contributed by atoms with Crippen LogP contribution in [0, 0.1) is 5.92 Å². The van der Waals surface area contributed by atoms with Crippen molar-refractivity contribution in [2.75, 3.05) is 0 Å². The summed E-state index contributed by atoms with van der Waals surface area (Å²) in [5.41, 5.74) is 0. The molecule has 1 rings (SSSR count). The first-order chi connectivity index (χ1) is 5.09. The van der Waals surface area contributed by atoms with E-state index in [1.54, 1.807) is 13.8 Å². The van der Waals surface area contributed by atoms with Gasteiger partial charge in [-0.2, -0.15) is 0 Å². The zero-order valence-electron chi connectivity index (χ0n) is 6.79. The molecule has 3 nitrogen and oxygen atoms in total. The third-order valence-electron chi connectivity index (χ3n) is 1.63. The topological polar surface area (TPSA) is 43.4 Å². The monoisotopic (exact) mass is 156 g/mol. The van der Waals surface area contributed by atoms with Gasteiger partial charge < -0.3 is 4.74 Å². The highest BCUT2D eigenvalue weighted by Crippen LogP contribution is 2.24. The summed E-state index contributed by atoms with van der Waals surface area (Å²) in [6.45, 7) is 3.61. The lowest BCUT2D eigenvalue weighted by Gasteiger charge is -2.22. The van der Waals surface area contributed by atoms with Gasteiger partial charge in [0.05, 0.1) is 12.0 Å². The van der Waals surface area contributed by atoms with Crippen molar-refractivity contribution in [2.24, 2.45) is 5.92 Å². The molecule has 0 spiro atoms. The minimum atomic E-state index is -0.223. The van der Waals surface area contributed by atoms with Crippen LogP contribution in [0.4, 0.5) is 0 Å². The van der Waals surface area contributed by atoms with Gasteiger partial charge in [-0.3, -0.25) is 9.59 Å². The quantitative estimate of drug-likeness (QED) is 0.558. The predicted molar refractivity (Wildman–Crippen MR) is 39.0 cm³/mol. The number of hydrogen-bond donors (Lipinski definition) is 0. The average Bonchev–Trinajstić information content (AvgIpc) is 1.79. The lowest BCUT2D eigenvalue weighted by molar-refractivity contribution is -0.158. The molecule has 1 aliphatic carbocycles. The highest BCUT2D eigenvalue weighted by molar-refractivity contribution is 5.94. The Hall–Kier alpha value is -0.860. The molecule has 1 fully saturated rings. The number of esters is 1. The van der Waals surface area contributed by atoms with E-state index in [4.69, 9.17) is 4.74 Å². The zero-order valence-corrected chi connectivity index (χ0v) is 6.79. The summed E-state index contributed by atoms with van der Waals surface area (Å²) in [4.78, 5) is 21.5. The van der Waals surface area contributed by atoms with Crippen molar-refractivity contribution in [1.82, 2.24) is 0 Å². The van der Waals surface area contributed by atoms with Gasteiger partial charge in [-0.1, -0.05) is 0 Å². The molecule has 0 amide bonds. The predicted octanol–water partition coefficient (Wildman–Crippen LogP) is 0.917. The number of ketones is 1. The summed E-state index contributed by atoms with van der Waals surface area (Å²) in [6, 6.07) is 0. The summed E-state index contributed by atoms with van der Waals surface area (Å²) in [7, 11) is 0. The van der Waals surface area contributed by atoms with E-state index in [2.05, 4.69) is 0 Å². The lowest BCUT2D eigenvalue weighted by atomic mass is 9.84. The Morgan fingerprint density at radius 1 is 1.55 bits per heavy atom. The zero-order chi connectivity index (χ0) is 8.43. The maximum Gasteiger partial charge on any atom is 0.310 e. The number of rotatable bonds is 2. The van der Waals surface area contributed by atoms with Crippen LogP contribution in [0.5, 0.6) is 0 Å². The van der Waals surface area contributed by atoms with Gasteiger partial charge in [-0.15, -0.1) is 0 Å². The van der Waals surface area contributed by atoms with Gasteiger partial charge in [0.1, 0.15) is 5.78 Å². The third kappa shape index (κ3) is 2.03. The second-order valence-corrected chi connectivity index (χ2v) is 3.13. The largest absolute Gasteiger partial charge is 0.463 e. The van der Waals surface area contributed by atoms with Crippen molar-refractivity contribution in [3.8, 4) is 0 Å². The van der Waals surface area contributed by atoms with E-state index >= 15 is 0 Å². The molecule has 0 aromatic rings.